The van der Waals surface area contributed by atoms with Gasteiger partial charge >= 0.3 is 0 Å². The molecule has 1 atom stereocenters. The van der Waals surface area contributed by atoms with E-state index in [1.54, 1.807) is 30.7 Å². The van der Waals surface area contributed by atoms with E-state index in [1.165, 1.54) is 0 Å². The molecule has 7 heteroatoms. The van der Waals surface area contributed by atoms with E-state index >= 15 is 0 Å². The molecule has 0 aliphatic carbocycles. The number of rotatable bonds is 2. The van der Waals surface area contributed by atoms with Crippen molar-refractivity contribution in [2.45, 2.75) is 5.54 Å². The fraction of sp³-hybridized carbons (Fsp3) is 0.263. The highest BCUT2D eigenvalue weighted by atomic mass is 16.5. The van der Waals surface area contributed by atoms with E-state index in [1.807, 2.05) is 18.2 Å². The molecule has 7 nitrogen and oxygen atoms in total. The number of nitrogens with one attached hydrogen (secondary N) is 1. The van der Waals surface area contributed by atoms with Crippen LogP contribution in [-0.2, 0) is 9.47 Å². The largest absolute Gasteiger partial charge is 0.508 e. The van der Waals surface area contributed by atoms with E-state index in [2.05, 4.69) is 15.2 Å². The highest BCUT2D eigenvalue weighted by molar-refractivity contribution is 6.02. The minimum absolute atomic E-state index is 0.197. The third-order valence-corrected chi connectivity index (χ3v) is 4.85. The number of benzene rings is 1. The molecule has 0 saturated carbocycles. The molecule has 4 aliphatic heterocycles. The van der Waals surface area contributed by atoms with E-state index in [-0.39, 0.29) is 5.75 Å². The van der Waals surface area contributed by atoms with Gasteiger partial charge in [-0.2, -0.15) is 0 Å². The highest BCUT2D eigenvalue weighted by Crippen LogP contribution is 2.44. The molecule has 132 valence electrons. The first-order valence-corrected chi connectivity index (χ1v) is 8.59. The summed E-state index contributed by atoms with van der Waals surface area (Å²) in [7, 11) is 0. The number of hydrogen-bond acceptors (Lipinski definition) is 7. The Morgan fingerprint density at radius 1 is 1.23 bits per heavy atom. The summed E-state index contributed by atoms with van der Waals surface area (Å²) in [4.78, 5) is 11.6. The number of morpholine rings is 1. The maximum atomic E-state index is 9.88. The summed E-state index contributed by atoms with van der Waals surface area (Å²) in [5, 5.41) is 13.3. The summed E-state index contributed by atoms with van der Waals surface area (Å²) in [6.45, 7) is 2.86. The maximum absolute atomic E-state index is 9.88. The summed E-state index contributed by atoms with van der Waals surface area (Å²) in [5.74, 6) is 2.47. The third kappa shape index (κ3) is 2.24. The summed E-state index contributed by atoms with van der Waals surface area (Å²) >= 11 is 0. The predicted molar refractivity (Wildman–Crippen MR) is 96.7 cm³/mol. The maximum Gasteiger partial charge on any atom is 0.187 e. The van der Waals surface area contributed by atoms with Gasteiger partial charge < -0.3 is 24.8 Å². The number of allylic oxidation sites excluding steroid dienone is 1. The fourth-order valence-electron chi connectivity index (χ4n) is 3.56. The van der Waals surface area contributed by atoms with Crippen molar-refractivity contribution in [2.24, 2.45) is 9.98 Å². The fourth-order valence-corrected chi connectivity index (χ4v) is 3.56. The third-order valence-electron chi connectivity index (χ3n) is 4.85. The standard InChI is InChI=1S/C19H18N4O3/c24-14-4-1-3-13(11-14)17-21-18(23-7-9-25-10-8-23)16-19(22-17)5-2-6-20-15(19)12-26-16/h1-6,11-12,24H,7-10H2,(H,21,22). The lowest BCUT2D eigenvalue weighted by atomic mass is 9.91. The van der Waals surface area contributed by atoms with Crippen LogP contribution in [0.1, 0.15) is 5.56 Å². The molecule has 1 aromatic carbocycles. The Hall–Kier alpha value is -3.06. The molecule has 1 fully saturated rings. The molecule has 26 heavy (non-hydrogen) atoms. The Kier molecular flexibility index (Phi) is 3.36. The smallest absolute Gasteiger partial charge is 0.187 e. The van der Waals surface area contributed by atoms with Crippen molar-refractivity contribution >= 4 is 12.1 Å². The van der Waals surface area contributed by atoms with Crippen molar-refractivity contribution in [3.63, 3.8) is 0 Å². The molecule has 0 aromatic heterocycles. The Labute approximate surface area is 150 Å². The summed E-state index contributed by atoms with van der Waals surface area (Å²) in [6.07, 6.45) is 7.28. The number of phenols is 1. The normalized spacial score (nSPS) is 26.5. The summed E-state index contributed by atoms with van der Waals surface area (Å²) in [6, 6.07) is 7.06. The Morgan fingerprint density at radius 3 is 2.96 bits per heavy atom. The van der Waals surface area contributed by atoms with Crippen molar-refractivity contribution < 1.29 is 14.6 Å². The minimum atomic E-state index is -0.769. The number of aliphatic imine (C=N–C) groups is 2. The van der Waals surface area contributed by atoms with Crippen LogP contribution in [0.5, 0.6) is 5.75 Å². The van der Waals surface area contributed by atoms with Crippen LogP contribution in [-0.4, -0.2) is 53.9 Å². The molecule has 0 bridgehead atoms. The van der Waals surface area contributed by atoms with Gasteiger partial charge in [-0.1, -0.05) is 12.1 Å². The van der Waals surface area contributed by atoms with E-state index < -0.39 is 5.54 Å². The van der Waals surface area contributed by atoms with Gasteiger partial charge in [-0.15, -0.1) is 0 Å². The van der Waals surface area contributed by atoms with Crippen molar-refractivity contribution in [3.05, 3.63) is 65.5 Å². The molecule has 4 aliphatic rings. The molecule has 1 spiro atoms. The lowest BCUT2D eigenvalue weighted by Crippen LogP contribution is -2.49. The van der Waals surface area contributed by atoms with Gasteiger partial charge in [-0.05, 0) is 24.3 Å². The zero-order chi connectivity index (χ0) is 17.6. The van der Waals surface area contributed by atoms with Gasteiger partial charge in [0.1, 0.15) is 23.5 Å². The molecule has 0 amide bonds. The number of hydrogen-bond donors (Lipinski definition) is 2. The zero-order valence-corrected chi connectivity index (χ0v) is 14.1. The molecule has 4 heterocycles. The molecular weight excluding hydrogens is 332 g/mol. The quantitative estimate of drug-likeness (QED) is 0.845. The molecule has 0 radical (unpaired) electrons. The van der Waals surface area contributed by atoms with E-state index in [9.17, 15) is 5.11 Å². The van der Waals surface area contributed by atoms with Crippen LogP contribution in [0.15, 0.2) is 69.9 Å². The molecule has 1 aromatic rings. The number of amidine groups is 1. The molecular formula is C19H18N4O3. The first kappa shape index (κ1) is 15.2. The topological polar surface area (TPSA) is 78.7 Å². The SMILES string of the molecule is Oc1cccc(C2=NC34C=CC=NC3=COC4=C(N3CCOCC3)N2)c1. The van der Waals surface area contributed by atoms with Gasteiger partial charge in [0.15, 0.2) is 17.1 Å². The van der Waals surface area contributed by atoms with Crippen LogP contribution in [0, 0.1) is 0 Å². The van der Waals surface area contributed by atoms with Crippen LogP contribution in [0.2, 0.25) is 0 Å². The van der Waals surface area contributed by atoms with Gasteiger partial charge in [0, 0.05) is 24.9 Å². The number of aromatic hydroxyl groups is 1. The summed E-state index contributed by atoms with van der Waals surface area (Å²) in [5.41, 5.74) is 0.785. The van der Waals surface area contributed by atoms with Crippen LogP contribution in [0.3, 0.4) is 0 Å². The Balaban J connectivity index is 1.64. The van der Waals surface area contributed by atoms with Crippen LogP contribution >= 0.6 is 0 Å². The van der Waals surface area contributed by atoms with Gasteiger partial charge in [0.25, 0.3) is 0 Å². The molecule has 2 N–H and O–H groups in total. The second-order valence-corrected chi connectivity index (χ2v) is 6.44. The van der Waals surface area contributed by atoms with E-state index in [0.29, 0.717) is 19.0 Å². The first-order chi connectivity index (χ1) is 12.8. The zero-order valence-electron chi connectivity index (χ0n) is 14.1. The molecule has 1 saturated heterocycles. The molecule has 5 rings (SSSR count). The highest BCUT2D eigenvalue weighted by Gasteiger charge is 2.49. The first-order valence-electron chi connectivity index (χ1n) is 8.59. The Morgan fingerprint density at radius 2 is 2.12 bits per heavy atom. The van der Waals surface area contributed by atoms with Gasteiger partial charge in [-0.25, -0.2) is 4.99 Å². The van der Waals surface area contributed by atoms with Crippen LogP contribution in [0.25, 0.3) is 0 Å². The lowest BCUT2D eigenvalue weighted by molar-refractivity contribution is 0.0483. The van der Waals surface area contributed by atoms with Gasteiger partial charge in [0.2, 0.25) is 0 Å². The second kappa shape index (κ2) is 5.74. The Bertz CT molecular complexity index is 909. The number of ether oxygens (including phenoxy) is 2. The number of dihydropyridines is 1. The van der Waals surface area contributed by atoms with Crippen LogP contribution in [0.4, 0.5) is 0 Å². The monoisotopic (exact) mass is 350 g/mol. The predicted octanol–water partition coefficient (Wildman–Crippen LogP) is 1.49. The van der Waals surface area contributed by atoms with E-state index in [4.69, 9.17) is 14.5 Å². The second-order valence-electron chi connectivity index (χ2n) is 6.44. The molecule has 1 unspecified atom stereocenters. The van der Waals surface area contributed by atoms with Crippen molar-refractivity contribution in [3.8, 4) is 5.75 Å². The van der Waals surface area contributed by atoms with Crippen molar-refractivity contribution in [1.29, 1.82) is 0 Å². The van der Waals surface area contributed by atoms with Gasteiger partial charge in [0.05, 0.1) is 13.2 Å². The lowest BCUT2D eigenvalue weighted by Gasteiger charge is -2.38. The number of nitrogens with zero attached hydrogens (tertiary/aromatic N) is 3. The average molecular weight is 350 g/mol. The number of phenolic OH excluding ortho intramolecular Hbond substituents is 1. The van der Waals surface area contributed by atoms with Crippen molar-refractivity contribution in [1.82, 2.24) is 10.2 Å². The van der Waals surface area contributed by atoms with Gasteiger partial charge in [-0.3, -0.25) is 4.99 Å². The summed E-state index contributed by atoms with van der Waals surface area (Å²) < 4.78 is 11.4. The minimum Gasteiger partial charge on any atom is -0.508 e. The van der Waals surface area contributed by atoms with Crippen LogP contribution < -0.4 is 5.32 Å². The van der Waals surface area contributed by atoms with Crippen molar-refractivity contribution in [2.75, 3.05) is 26.3 Å². The average Bonchev–Trinajstić information content (AvgIpc) is 3.07. The van der Waals surface area contributed by atoms with E-state index in [0.717, 1.165) is 35.9 Å².